The fourth-order valence-electron chi connectivity index (χ4n) is 2.37. The first-order valence-corrected chi connectivity index (χ1v) is 6.74. The number of benzene rings is 1. The first-order valence-electron chi connectivity index (χ1n) is 6.74. The van der Waals surface area contributed by atoms with Crippen LogP contribution in [-0.2, 0) is 6.54 Å². The minimum atomic E-state index is 0.245. The van der Waals surface area contributed by atoms with Crippen LogP contribution >= 0.6 is 0 Å². The van der Waals surface area contributed by atoms with Crippen molar-refractivity contribution in [2.45, 2.75) is 19.5 Å². The highest BCUT2D eigenvalue weighted by Gasteiger charge is 2.20. The van der Waals surface area contributed by atoms with Crippen molar-refractivity contribution in [1.82, 2.24) is 9.88 Å². The molecule has 1 aromatic carbocycles. The topological polar surface area (TPSA) is 34.6 Å². The molecular weight excluding hydrogens is 252 g/mol. The molecule has 0 saturated heterocycles. The molecule has 1 aliphatic rings. The summed E-state index contributed by atoms with van der Waals surface area (Å²) in [6.45, 7) is 3.26. The van der Waals surface area contributed by atoms with Gasteiger partial charge in [0, 0.05) is 24.3 Å². The minimum absolute atomic E-state index is 0.245. The molecule has 4 heteroatoms. The number of pyridine rings is 1. The van der Waals surface area contributed by atoms with E-state index in [0.29, 0.717) is 6.79 Å². The molecule has 1 atom stereocenters. The lowest BCUT2D eigenvalue weighted by Gasteiger charge is -2.24. The Labute approximate surface area is 119 Å². The Balaban J connectivity index is 1.77. The molecule has 0 bridgehead atoms. The van der Waals surface area contributed by atoms with Crippen LogP contribution in [0.5, 0.6) is 11.5 Å². The second-order valence-electron chi connectivity index (χ2n) is 5.00. The lowest BCUT2D eigenvalue weighted by atomic mass is 10.1. The Morgan fingerprint density at radius 3 is 2.90 bits per heavy atom. The SMILES string of the molecule is C[C@H](c1ccccn1)N(C)Cc1cccc2c1OCO2. The van der Waals surface area contributed by atoms with Gasteiger partial charge in [0.25, 0.3) is 0 Å². The molecule has 0 aliphatic carbocycles. The smallest absolute Gasteiger partial charge is 0.231 e. The average Bonchev–Trinajstić information content (AvgIpc) is 2.97. The van der Waals surface area contributed by atoms with Gasteiger partial charge in [-0.3, -0.25) is 9.88 Å². The van der Waals surface area contributed by atoms with Crippen molar-refractivity contribution in [2.24, 2.45) is 0 Å². The highest BCUT2D eigenvalue weighted by molar-refractivity contribution is 5.48. The summed E-state index contributed by atoms with van der Waals surface area (Å²) in [5.74, 6) is 1.70. The first kappa shape index (κ1) is 12.9. The van der Waals surface area contributed by atoms with Gasteiger partial charge < -0.3 is 9.47 Å². The van der Waals surface area contributed by atoms with Crippen LogP contribution in [0.15, 0.2) is 42.6 Å². The zero-order chi connectivity index (χ0) is 13.9. The lowest BCUT2D eigenvalue weighted by molar-refractivity contribution is 0.171. The van der Waals surface area contributed by atoms with Crippen LogP contribution in [0.4, 0.5) is 0 Å². The van der Waals surface area contributed by atoms with Gasteiger partial charge in [-0.2, -0.15) is 0 Å². The minimum Gasteiger partial charge on any atom is -0.454 e. The van der Waals surface area contributed by atoms with Gasteiger partial charge in [-0.1, -0.05) is 18.2 Å². The summed E-state index contributed by atoms with van der Waals surface area (Å²) in [7, 11) is 2.09. The van der Waals surface area contributed by atoms with E-state index in [0.717, 1.165) is 29.3 Å². The maximum Gasteiger partial charge on any atom is 0.231 e. The van der Waals surface area contributed by atoms with E-state index in [2.05, 4.69) is 36.0 Å². The molecule has 0 saturated carbocycles. The van der Waals surface area contributed by atoms with Gasteiger partial charge in [0.2, 0.25) is 6.79 Å². The average molecular weight is 270 g/mol. The van der Waals surface area contributed by atoms with Crippen molar-refractivity contribution < 1.29 is 9.47 Å². The van der Waals surface area contributed by atoms with Crippen LogP contribution in [0.2, 0.25) is 0 Å². The molecule has 4 nitrogen and oxygen atoms in total. The van der Waals surface area contributed by atoms with Crippen LogP contribution in [0.1, 0.15) is 24.2 Å². The largest absolute Gasteiger partial charge is 0.454 e. The predicted octanol–water partition coefficient (Wildman–Crippen LogP) is 3.00. The molecule has 1 aliphatic heterocycles. The fourth-order valence-corrected chi connectivity index (χ4v) is 2.37. The van der Waals surface area contributed by atoms with Crippen LogP contribution in [0.25, 0.3) is 0 Å². The van der Waals surface area contributed by atoms with Crippen molar-refractivity contribution >= 4 is 0 Å². The van der Waals surface area contributed by atoms with Gasteiger partial charge >= 0.3 is 0 Å². The Bertz CT molecular complexity index is 586. The van der Waals surface area contributed by atoms with Crippen LogP contribution in [0, 0.1) is 0 Å². The third-order valence-electron chi connectivity index (χ3n) is 3.67. The summed E-state index contributed by atoms with van der Waals surface area (Å²) < 4.78 is 11.0. The molecule has 2 heterocycles. The van der Waals surface area contributed by atoms with Gasteiger partial charge in [0.1, 0.15) is 0 Å². The van der Waals surface area contributed by atoms with Gasteiger partial charge in [-0.25, -0.2) is 0 Å². The Morgan fingerprint density at radius 2 is 2.10 bits per heavy atom. The van der Waals surface area contributed by atoms with E-state index >= 15 is 0 Å². The number of hydrogen-bond donors (Lipinski definition) is 0. The quantitative estimate of drug-likeness (QED) is 0.855. The predicted molar refractivity (Wildman–Crippen MR) is 76.7 cm³/mol. The Hall–Kier alpha value is -2.07. The van der Waals surface area contributed by atoms with Crippen molar-refractivity contribution in [2.75, 3.05) is 13.8 Å². The molecular formula is C16H18N2O2. The molecule has 2 aromatic rings. The van der Waals surface area contributed by atoms with Crippen molar-refractivity contribution in [3.63, 3.8) is 0 Å². The lowest BCUT2D eigenvalue weighted by Crippen LogP contribution is -2.22. The van der Waals surface area contributed by atoms with E-state index in [1.807, 2.05) is 30.5 Å². The highest BCUT2D eigenvalue weighted by atomic mass is 16.7. The van der Waals surface area contributed by atoms with E-state index in [4.69, 9.17) is 9.47 Å². The fraction of sp³-hybridized carbons (Fsp3) is 0.312. The molecule has 0 spiro atoms. The molecule has 1 aromatic heterocycles. The number of rotatable bonds is 4. The first-order chi connectivity index (χ1) is 9.75. The van der Waals surface area contributed by atoms with Crippen LogP contribution in [0.3, 0.4) is 0 Å². The third kappa shape index (κ3) is 2.47. The standard InChI is InChI=1S/C16H18N2O2/c1-12(14-7-3-4-9-17-14)18(2)10-13-6-5-8-15-16(13)20-11-19-15/h3-9,12H,10-11H2,1-2H3/t12-/m1/s1. The summed E-state index contributed by atoms with van der Waals surface area (Å²) in [4.78, 5) is 6.67. The molecule has 20 heavy (non-hydrogen) atoms. The van der Waals surface area contributed by atoms with Gasteiger partial charge in [-0.05, 0) is 32.2 Å². The highest BCUT2D eigenvalue weighted by Crippen LogP contribution is 2.36. The molecule has 0 radical (unpaired) electrons. The summed E-state index contributed by atoms with van der Waals surface area (Å²) in [5, 5.41) is 0. The number of nitrogens with zero attached hydrogens (tertiary/aromatic N) is 2. The maximum atomic E-state index is 5.55. The monoisotopic (exact) mass is 270 g/mol. The normalized spacial score (nSPS) is 14.6. The number of para-hydroxylation sites is 1. The maximum absolute atomic E-state index is 5.55. The van der Waals surface area contributed by atoms with E-state index in [-0.39, 0.29) is 6.04 Å². The van der Waals surface area contributed by atoms with Crippen molar-refractivity contribution in [3.05, 3.63) is 53.9 Å². The second-order valence-corrected chi connectivity index (χ2v) is 5.00. The van der Waals surface area contributed by atoms with Crippen molar-refractivity contribution in [1.29, 1.82) is 0 Å². The third-order valence-corrected chi connectivity index (χ3v) is 3.67. The van der Waals surface area contributed by atoms with Crippen LogP contribution in [-0.4, -0.2) is 23.7 Å². The number of aromatic nitrogens is 1. The number of ether oxygens (including phenoxy) is 2. The number of hydrogen-bond acceptors (Lipinski definition) is 4. The molecule has 104 valence electrons. The van der Waals surface area contributed by atoms with Gasteiger partial charge in [0.15, 0.2) is 11.5 Å². The summed E-state index contributed by atoms with van der Waals surface area (Å²) >= 11 is 0. The van der Waals surface area contributed by atoms with E-state index in [9.17, 15) is 0 Å². The van der Waals surface area contributed by atoms with E-state index < -0.39 is 0 Å². The van der Waals surface area contributed by atoms with E-state index in [1.165, 1.54) is 0 Å². The van der Waals surface area contributed by atoms with E-state index in [1.54, 1.807) is 0 Å². The summed E-state index contributed by atoms with van der Waals surface area (Å²) in [6, 6.07) is 12.3. The number of fused-ring (bicyclic) bond motifs is 1. The van der Waals surface area contributed by atoms with Gasteiger partial charge in [0.05, 0.1) is 5.69 Å². The molecule has 0 unspecified atom stereocenters. The second kappa shape index (κ2) is 5.51. The Kier molecular flexibility index (Phi) is 3.56. The van der Waals surface area contributed by atoms with Gasteiger partial charge in [-0.15, -0.1) is 0 Å². The van der Waals surface area contributed by atoms with Crippen molar-refractivity contribution in [3.8, 4) is 11.5 Å². The summed E-state index contributed by atoms with van der Waals surface area (Å²) in [6.07, 6.45) is 1.83. The zero-order valence-corrected chi connectivity index (χ0v) is 11.7. The molecule has 0 amide bonds. The molecule has 0 fully saturated rings. The van der Waals surface area contributed by atoms with Crippen LogP contribution < -0.4 is 9.47 Å². The Morgan fingerprint density at radius 1 is 1.20 bits per heavy atom. The summed E-state index contributed by atoms with van der Waals surface area (Å²) in [5.41, 5.74) is 2.21. The molecule has 3 rings (SSSR count). The zero-order valence-electron chi connectivity index (χ0n) is 11.7. The molecule has 0 N–H and O–H groups in total.